The van der Waals surface area contributed by atoms with Crippen molar-refractivity contribution in [2.75, 3.05) is 13.7 Å². The van der Waals surface area contributed by atoms with Crippen LogP contribution in [0.5, 0.6) is 0 Å². The van der Waals surface area contributed by atoms with Gasteiger partial charge in [0.15, 0.2) is 6.04 Å². The van der Waals surface area contributed by atoms with Crippen LogP contribution in [-0.4, -0.2) is 52.5 Å². The number of nitrogens with one attached hydrogen (secondary N) is 2. The third-order valence-electron chi connectivity index (χ3n) is 2.36. The number of carboxylic acids is 1. The van der Waals surface area contributed by atoms with Crippen LogP contribution in [0.15, 0.2) is 18.7 Å². The number of methoxy groups -OCH3 is 1. The Balaban J connectivity index is 2.38. The Morgan fingerprint density at radius 1 is 1.47 bits per heavy atom. The van der Waals surface area contributed by atoms with Crippen molar-refractivity contribution < 1.29 is 19.4 Å². The Labute approximate surface area is 110 Å². The predicted octanol–water partition coefficient (Wildman–Crippen LogP) is -0.330. The summed E-state index contributed by atoms with van der Waals surface area (Å²) in [5.41, 5.74) is 0. The lowest BCUT2D eigenvalue weighted by Gasteiger charge is -2.18. The zero-order chi connectivity index (χ0) is 14.3. The Kier molecular flexibility index (Phi) is 5.80. The van der Waals surface area contributed by atoms with E-state index in [1.165, 1.54) is 7.11 Å². The van der Waals surface area contributed by atoms with Crippen LogP contribution in [0.25, 0.3) is 0 Å². The molecule has 0 aliphatic rings. The molecule has 2 unspecified atom stereocenters. The number of imidazole rings is 1. The molecule has 1 aromatic heterocycles. The van der Waals surface area contributed by atoms with Crippen LogP contribution in [0, 0.1) is 0 Å². The van der Waals surface area contributed by atoms with Gasteiger partial charge in [0, 0.05) is 32.1 Å². The number of rotatable bonds is 7. The molecule has 1 aromatic rings. The molecular formula is C11H18N4O4. The van der Waals surface area contributed by atoms with Crippen molar-refractivity contribution in [2.45, 2.75) is 25.6 Å². The molecule has 2 amide bonds. The summed E-state index contributed by atoms with van der Waals surface area (Å²) in [4.78, 5) is 26.3. The average Bonchev–Trinajstić information content (AvgIpc) is 2.80. The number of nitrogens with zero attached hydrogens (tertiary/aromatic N) is 2. The SMILES string of the molecule is COCC(NC(=O)NC(C)Cn1ccnc1)C(=O)O. The second kappa shape index (κ2) is 7.37. The summed E-state index contributed by atoms with van der Waals surface area (Å²) in [6.45, 7) is 2.28. The van der Waals surface area contributed by atoms with Gasteiger partial charge < -0.3 is 25.0 Å². The molecular weight excluding hydrogens is 252 g/mol. The molecule has 19 heavy (non-hydrogen) atoms. The molecule has 0 fully saturated rings. The molecule has 0 saturated carbocycles. The second-order valence-corrected chi connectivity index (χ2v) is 4.12. The molecule has 8 heteroatoms. The van der Waals surface area contributed by atoms with Gasteiger partial charge in [-0.3, -0.25) is 0 Å². The van der Waals surface area contributed by atoms with Crippen LogP contribution in [0.4, 0.5) is 4.79 Å². The number of aliphatic carboxylic acids is 1. The third-order valence-corrected chi connectivity index (χ3v) is 2.36. The molecule has 0 saturated heterocycles. The van der Waals surface area contributed by atoms with Crippen LogP contribution >= 0.6 is 0 Å². The van der Waals surface area contributed by atoms with Gasteiger partial charge in [-0.2, -0.15) is 0 Å². The smallest absolute Gasteiger partial charge is 0.328 e. The summed E-state index contributed by atoms with van der Waals surface area (Å²) in [6.07, 6.45) is 5.06. The summed E-state index contributed by atoms with van der Waals surface area (Å²) >= 11 is 0. The van der Waals surface area contributed by atoms with Gasteiger partial charge in [-0.05, 0) is 6.92 Å². The number of amides is 2. The van der Waals surface area contributed by atoms with E-state index in [0.717, 1.165) is 0 Å². The van der Waals surface area contributed by atoms with Crippen LogP contribution in [-0.2, 0) is 16.1 Å². The first-order valence-corrected chi connectivity index (χ1v) is 5.77. The fraction of sp³-hybridized carbons (Fsp3) is 0.545. The Bertz CT molecular complexity index is 407. The molecule has 1 rings (SSSR count). The van der Waals surface area contributed by atoms with Gasteiger partial charge in [0.25, 0.3) is 0 Å². The number of carbonyl (C=O) groups excluding carboxylic acids is 1. The van der Waals surface area contributed by atoms with Crippen molar-refractivity contribution in [1.82, 2.24) is 20.2 Å². The molecule has 0 radical (unpaired) electrons. The number of aromatic nitrogens is 2. The lowest BCUT2D eigenvalue weighted by atomic mass is 10.3. The first kappa shape index (κ1) is 15.0. The van der Waals surface area contributed by atoms with Crippen LogP contribution < -0.4 is 10.6 Å². The molecule has 0 aromatic carbocycles. The molecule has 0 bridgehead atoms. The number of urea groups is 1. The van der Waals surface area contributed by atoms with Gasteiger partial charge in [0.05, 0.1) is 12.9 Å². The van der Waals surface area contributed by atoms with E-state index in [4.69, 9.17) is 9.84 Å². The lowest BCUT2D eigenvalue weighted by Crippen LogP contribution is -2.50. The van der Waals surface area contributed by atoms with E-state index in [0.29, 0.717) is 6.54 Å². The Hall–Kier alpha value is -2.09. The van der Waals surface area contributed by atoms with Crippen molar-refractivity contribution in [3.8, 4) is 0 Å². The summed E-state index contributed by atoms with van der Waals surface area (Å²) in [6, 6.07) is -1.77. The fourth-order valence-electron chi connectivity index (χ4n) is 1.52. The molecule has 106 valence electrons. The molecule has 2 atom stereocenters. The van der Waals surface area contributed by atoms with E-state index in [-0.39, 0.29) is 12.6 Å². The van der Waals surface area contributed by atoms with Crippen LogP contribution in [0.3, 0.4) is 0 Å². The van der Waals surface area contributed by atoms with Crippen LogP contribution in [0.2, 0.25) is 0 Å². The molecule has 1 heterocycles. The fourth-order valence-corrected chi connectivity index (χ4v) is 1.52. The minimum absolute atomic E-state index is 0.0847. The standard InChI is InChI=1S/C11H18N4O4/c1-8(5-15-4-3-12-7-15)13-11(18)14-9(6-19-2)10(16)17/h3-4,7-9H,5-6H2,1-2H3,(H,16,17)(H2,13,14,18). The molecule has 0 spiro atoms. The van der Waals surface area contributed by atoms with Crippen molar-refractivity contribution in [3.05, 3.63) is 18.7 Å². The number of hydrogen-bond acceptors (Lipinski definition) is 4. The average molecular weight is 270 g/mol. The summed E-state index contributed by atoms with van der Waals surface area (Å²) in [5, 5.41) is 13.8. The highest BCUT2D eigenvalue weighted by molar-refractivity contribution is 5.82. The topological polar surface area (TPSA) is 105 Å². The lowest BCUT2D eigenvalue weighted by molar-refractivity contribution is -0.140. The zero-order valence-corrected chi connectivity index (χ0v) is 10.9. The Morgan fingerprint density at radius 3 is 2.74 bits per heavy atom. The largest absolute Gasteiger partial charge is 0.480 e. The summed E-state index contributed by atoms with van der Waals surface area (Å²) in [5.74, 6) is -1.14. The number of hydrogen-bond donors (Lipinski definition) is 3. The van der Waals surface area contributed by atoms with E-state index >= 15 is 0 Å². The van der Waals surface area contributed by atoms with E-state index in [1.54, 1.807) is 18.7 Å². The first-order chi connectivity index (χ1) is 9.02. The van der Waals surface area contributed by atoms with Gasteiger partial charge in [0.2, 0.25) is 0 Å². The number of ether oxygens (including phenoxy) is 1. The highest BCUT2D eigenvalue weighted by atomic mass is 16.5. The first-order valence-electron chi connectivity index (χ1n) is 5.77. The minimum Gasteiger partial charge on any atom is -0.480 e. The van der Waals surface area contributed by atoms with Crippen LogP contribution in [0.1, 0.15) is 6.92 Å². The molecule has 0 aliphatic carbocycles. The maximum absolute atomic E-state index is 11.6. The molecule has 3 N–H and O–H groups in total. The number of carboxylic acid groups (broad SMARTS) is 1. The van der Waals surface area contributed by atoms with Gasteiger partial charge in [-0.15, -0.1) is 0 Å². The Morgan fingerprint density at radius 2 is 2.21 bits per heavy atom. The maximum atomic E-state index is 11.6. The van der Waals surface area contributed by atoms with Gasteiger partial charge in [-0.25, -0.2) is 14.6 Å². The quantitative estimate of drug-likeness (QED) is 0.629. The normalized spacial score (nSPS) is 13.6. The summed E-state index contributed by atoms with van der Waals surface area (Å²) in [7, 11) is 1.37. The van der Waals surface area contributed by atoms with Gasteiger partial charge >= 0.3 is 12.0 Å². The van der Waals surface area contributed by atoms with Crippen molar-refractivity contribution in [2.24, 2.45) is 0 Å². The maximum Gasteiger partial charge on any atom is 0.328 e. The zero-order valence-electron chi connectivity index (χ0n) is 10.9. The van der Waals surface area contributed by atoms with Crippen molar-refractivity contribution in [3.63, 3.8) is 0 Å². The highest BCUT2D eigenvalue weighted by Gasteiger charge is 2.20. The second-order valence-electron chi connectivity index (χ2n) is 4.12. The third kappa shape index (κ3) is 5.38. The summed E-state index contributed by atoms with van der Waals surface area (Å²) < 4.78 is 6.53. The monoisotopic (exact) mass is 270 g/mol. The van der Waals surface area contributed by atoms with E-state index in [1.807, 2.05) is 11.5 Å². The van der Waals surface area contributed by atoms with E-state index < -0.39 is 18.0 Å². The van der Waals surface area contributed by atoms with Crippen molar-refractivity contribution >= 4 is 12.0 Å². The van der Waals surface area contributed by atoms with Gasteiger partial charge in [-0.1, -0.05) is 0 Å². The predicted molar refractivity (Wildman–Crippen MR) is 66.7 cm³/mol. The van der Waals surface area contributed by atoms with E-state index in [9.17, 15) is 9.59 Å². The highest BCUT2D eigenvalue weighted by Crippen LogP contribution is 1.92. The number of carbonyl (C=O) groups is 2. The minimum atomic E-state index is -1.14. The molecule has 0 aliphatic heterocycles. The molecule has 8 nitrogen and oxygen atoms in total. The van der Waals surface area contributed by atoms with E-state index in [2.05, 4.69) is 15.6 Å². The van der Waals surface area contributed by atoms with Gasteiger partial charge in [0.1, 0.15) is 0 Å². The van der Waals surface area contributed by atoms with Crippen molar-refractivity contribution in [1.29, 1.82) is 0 Å².